The molecule has 2 atom stereocenters. The molecule has 0 radical (unpaired) electrons. The van der Waals surface area contributed by atoms with Gasteiger partial charge in [0, 0.05) is 5.56 Å². The minimum absolute atomic E-state index is 0.551. The van der Waals surface area contributed by atoms with Gasteiger partial charge >= 0.3 is 11.9 Å². The van der Waals surface area contributed by atoms with Gasteiger partial charge in [0.15, 0.2) is 0 Å². The highest BCUT2D eigenvalue weighted by atomic mass is 79.9. The Morgan fingerprint density at radius 1 is 0.864 bits per heavy atom. The van der Waals surface area contributed by atoms with Gasteiger partial charge in [-0.3, -0.25) is 4.79 Å². The highest BCUT2D eigenvalue weighted by molar-refractivity contribution is 9.09. The summed E-state index contributed by atoms with van der Waals surface area (Å²) in [6.45, 7) is 0. The normalized spacial score (nSPS) is 13.0. The molecule has 0 unspecified atom stereocenters. The maximum absolute atomic E-state index is 12.3. The van der Waals surface area contributed by atoms with E-state index in [9.17, 15) is 9.59 Å². The summed E-state index contributed by atoms with van der Waals surface area (Å²) < 4.78 is 10.1. The van der Waals surface area contributed by atoms with Crippen molar-refractivity contribution in [2.24, 2.45) is 0 Å². The van der Waals surface area contributed by atoms with E-state index in [1.165, 1.54) is 7.11 Å². The molecule has 0 aliphatic rings. The van der Waals surface area contributed by atoms with E-state index in [2.05, 4.69) is 15.9 Å². The summed E-state index contributed by atoms with van der Waals surface area (Å²) in [6, 6.07) is 17.9. The van der Waals surface area contributed by atoms with Gasteiger partial charge in [-0.1, -0.05) is 76.6 Å². The van der Waals surface area contributed by atoms with Gasteiger partial charge in [0.05, 0.1) is 7.11 Å². The summed E-state index contributed by atoms with van der Waals surface area (Å²) >= 11 is 3.30. The Morgan fingerprint density at radius 2 is 1.36 bits per heavy atom. The molecule has 0 fully saturated rings. The molecule has 0 aliphatic carbocycles. The number of halogens is 1. The zero-order valence-corrected chi connectivity index (χ0v) is 13.5. The summed E-state index contributed by atoms with van der Waals surface area (Å²) in [5, 5.41) is 0. The van der Waals surface area contributed by atoms with Crippen LogP contribution >= 0.6 is 15.9 Å². The van der Waals surface area contributed by atoms with Crippen molar-refractivity contribution >= 4 is 27.9 Å². The van der Waals surface area contributed by atoms with Gasteiger partial charge in [-0.15, -0.1) is 0 Å². The van der Waals surface area contributed by atoms with Gasteiger partial charge in [0.1, 0.15) is 4.83 Å². The standard InChI is InChI=1S/C17H15BrO4/c1-21-17(20)15(13-10-6-3-7-11-13)22-16(19)14(18)12-8-4-2-5-9-12/h2-11,14-15H,1H3/t14-,15-/m0/s1. The van der Waals surface area contributed by atoms with Crippen LogP contribution < -0.4 is 0 Å². The molecule has 22 heavy (non-hydrogen) atoms. The number of rotatable bonds is 5. The average Bonchev–Trinajstić information content (AvgIpc) is 2.59. The van der Waals surface area contributed by atoms with Crippen molar-refractivity contribution in [2.45, 2.75) is 10.9 Å². The van der Waals surface area contributed by atoms with Crippen LogP contribution in [0.5, 0.6) is 0 Å². The van der Waals surface area contributed by atoms with E-state index in [4.69, 9.17) is 9.47 Å². The maximum atomic E-state index is 12.3. The predicted octanol–water partition coefficient (Wildman–Crippen LogP) is 3.58. The number of carbonyl (C=O) groups is 2. The second-order valence-corrected chi connectivity index (χ2v) is 5.44. The highest BCUT2D eigenvalue weighted by Crippen LogP contribution is 2.28. The van der Waals surface area contributed by atoms with Crippen molar-refractivity contribution in [3.63, 3.8) is 0 Å². The number of esters is 2. The highest BCUT2D eigenvalue weighted by Gasteiger charge is 2.29. The minimum Gasteiger partial charge on any atom is -0.466 e. The second-order valence-electron chi connectivity index (χ2n) is 4.52. The summed E-state index contributed by atoms with van der Waals surface area (Å²) in [5.74, 6) is -1.17. The van der Waals surface area contributed by atoms with Crippen molar-refractivity contribution in [1.82, 2.24) is 0 Å². The van der Waals surface area contributed by atoms with Gasteiger partial charge in [-0.25, -0.2) is 4.79 Å². The Hall–Kier alpha value is -2.14. The van der Waals surface area contributed by atoms with E-state index in [1.54, 1.807) is 36.4 Å². The number of hydrogen-bond donors (Lipinski definition) is 0. The van der Waals surface area contributed by atoms with Crippen molar-refractivity contribution in [3.05, 3.63) is 71.8 Å². The SMILES string of the molecule is COC(=O)[C@@H](OC(=O)[C@@H](Br)c1ccccc1)c1ccccc1. The minimum atomic E-state index is -1.08. The molecular weight excluding hydrogens is 348 g/mol. The molecule has 0 aromatic heterocycles. The number of carbonyl (C=O) groups excluding carboxylic acids is 2. The van der Waals surface area contributed by atoms with Crippen LogP contribution in [0.4, 0.5) is 0 Å². The topological polar surface area (TPSA) is 52.6 Å². The number of benzene rings is 2. The second kappa shape index (κ2) is 7.75. The van der Waals surface area contributed by atoms with Crippen LogP contribution in [0.3, 0.4) is 0 Å². The molecule has 0 spiro atoms. The predicted molar refractivity (Wildman–Crippen MR) is 85.4 cm³/mol. The zero-order chi connectivity index (χ0) is 15.9. The molecule has 0 bridgehead atoms. The largest absolute Gasteiger partial charge is 0.466 e. The Labute approximate surface area is 137 Å². The molecule has 2 aromatic rings. The molecule has 0 N–H and O–H groups in total. The molecule has 5 heteroatoms. The van der Waals surface area contributed by atoms with Crippen molar-refractivity contribution < 1.29 is 19.1 Å². The van der Waals surface area contributed by atoms with Gasteiger partial charge < -0.3 is 9.47 Å². The van der Waals surface area contributed by atoms with E-state index in [0.29, 0.717) is 5.56 Å². The summed E-state index contributed by atoms with van der Waals surface area (Å²) in [5.41, 5.74) is 1.32. The zero-order valence-electron chi connectivity index (χ0n) is 11.9. The van der Waals surface area contributed by atoms with E-state index in [1.807, 2.05) is 24.3 Å². The van der Waals surface area contributed by atoms with Crippen LogP contribution in [-0.2, 0) is 19.1 Å². The van der Waals surface area contributed by atoms with Crippen molar-refractivity contribution in [2.75, 3.05) is 7.11 Å². The third kappa shape index (κ3) is 3.95. The maximum Gasteiger partial charge on any atom is 0.351 e. The van der Waals surface area contributed by atoms with Crippen LogP contribution in [0, 0.1) is 0 Å². The van der Waals surface area contributed by atoms with Crippen molar-refractivity contribution in [3.8, 4) is 0 Å². The van der Waals surface area contributed by atoms with Crippen LogP contribution in [0.15, 0.2) is 60.7 Å². The molecule has 0 heterocycles. The first kappa shape index (κ1) is 16.2. The lowest BCUT2D eigenvalue weighted by molar-refractivity contribution is -0.166. The molecule has 0 saturated heterocycles. The lowest BCUT2D eigenvalue weighted by Crippen LogP contribution is -2.23. The average molecular weight is 363 g/mol. The summed E-state index contributed by atoms with van der Waals surface area (Å²) in [7, 11) is 1.26. The van der Waals surface area contributed by atoms with Gasteiger partial charge in [-0.2, -0.15) is 0 Å². The monoisotopic (exact) mass is 362 g/mol. The van der Waals surface area contributed by atoms with E-state index in [0.717, 1.165) is 5.56 Å². The fourth-order valence-corrected chi connectivity index (χ4v) is 2.33. The number of methoxy groups -OCH3 is 1. The Balaban J connectivity index is 2.17. The molecule has 114 valence electrons. The Bertz CT molecular complexity index is 628. The Kier molecular flexibility index (Phi) is 5.72. The molecule has 2 aromatic carbocycles. The third-order valence-corrected chi connectivity index (χ3v) is 3.95. The molecule has 4 nitrogen and oxygen atoms in total. The van der Waals surface area contributed by atoms with Crippen LogP contribution in [-0.4, -0.2) is 19.0 Å². The number of alkyl halides is 1. The van der Waals surface area contributed by atoms with Crippen LogP contribution in [0.25, 0.3) is 0 Å². The number of ether oxygens (including phenoxy) is 2. The van der Waals surface area contributed by atoms with Gasteiger partial charge in [0.2, 0.25) is 6.10 Å². The lowest BCUT2D eigenvalue weighted by Gasteiger charge is -2.18. The van der Waals surface area contributed by atoms with E-state index in [-0.39, 0.29) is 0 Å². The molecule has 2 rings (SSSR count). The quantitative estimate of drug-likeness (QED) is 0.602. The van der Waals surface area contributed by atoms with Crippen molar-refractivity contribution in [1.29, 1.82) is 0 Å². The smallest absolute Gasteiger partial charge is 0.351 e. The molecule has 0 amide bonds. The van der Waals surface area contributed by atoms with E-state index >= 15 is 0 Å². The first-order valence-electron chi connectivity index (χ1n) is 6.65. The first-order chi connectivity index (χ1) is 10.6. The van der Waals surface area contributed by atoms with Crippen LogP contribution in [0.2, 0.25) is 0 Å². The third-order valence-electron chi connectivity index (χ3n) is 3.05. The first-order valence-corrected chi connectivity index (χ1v) is 7.57. The molecular formula is C17H15BrO4. The lowest BCUT2D eigenvalue weighted by atomic mass is 10.1. The van der Waals surface area contributed by atoms with Crippen LogP contribution in [0.1, 0.15) is 22.1 Å². The fourth-order valence-electron chi connectivity index (χ4n) is 1.92. The Morgan fingerprint density at radius 3 is 1.86 bits per heavy atom. The van der Waals surface area contributed by atoms with Gasteiger partial charge in [0.25, 0.3) is 0 Å². The summed E-state index contributed by atoms with van der Waals surface area (Å²) in [6.07, 6.45) is -1.08. The number of hydrogen-bond acceptors (Lipinski definition) is 4. The fraction of sp³-hybridized carbons (Fsp3) is 0.176. The van der Waals surface area contributed by atoms with Gasteiger partial charge in [-0.05, 0) is 5.56 Å². The summed E-state index contributed by atoms with van der Waals surface area (Å²) in [4.78, 5) is 23.5. The molecule has 0 saturated carbocycles. The molecule has 0 aliphatic heterocycles. The van der Waals surface area contributed by atoms with E-state index < -0.39 is 22.9 Å².